The first-order chi connectivity index (χ1) is 7.31. The van der Waals surface area contributed by atoms with Crippen LogP contribution >= 0.6 is 0 Å². The molecule has 0 spiro atoms. The largest absolute Gasteiger partial charge is 0.394 e. The maximum Gasteiger partial charge on any atom is 0.147 e. The Labute approximate surface area is 88.9 Å². The first-order valence-corrected chi connectivity index (χ1v) is 5.26. The van der Waals surface area contributed by atoms with E-state index in [1.54, 1.807) is 12.4 Å². The lowest BCUT2D eigenvalue weighted by Gasteiger charge is -2.35. The predicted octanol–water partition coefficient (Wildman–Crippen LogP) is 0.410. The van der Waals surface area contributed by atoms with Gasteiger partial charge in [0.15, 0.2) is 0 Å². The smallest absolute Gasteiger partial charge is 0.147 e. The number of aromatic nitrogens is 2. The number of hydrogen-bond acceptors (Lipinski definition) is 5. The van der Waals surface area contributed by atoms with Gasteiger partial charge in [-0.2, -0.15) is 0 Å². The second-order valence-corrected chi connectivity index (χ2v) is 3.83. The van der Waals surface area contributed by atoms with Crippen molar-refractivity contribution in [1.29, 1.82) is 0 Å². The van der Waals surface area contributed by atoms with Crippen molar-refractivity contribution >= 4 is 11.6 Å². The van der Waals surface area contributed by atoms with Crippen LogP contribution in [0.4, 0.5) is 11.6 Å². The molecular weight excluding hydrogens is 192 g/mol. The number of aliphatic hydroxyl groups excluding tert-OH is 1. The van der Waals surface area contributed by atoms with Crippen LogP contribution < -0.4 is 10.6 Å². The Morgan fingerprint density at radius 3 is 2.93 bits per heavy atom. The number of aliphatic hydroxyl groups is 1. The molecule has 1 aliphatic rings. The zero-order valence-corrected chi connectivity index (χ0v) is 8.63. The molecule has 3 N–H and O–H groups in total. The van der Waals surface area contributed by atoms with Gasteiger partial charge in [-0.05, 0) is 19.3 Å². The molecule has 2 heterocycles. The molecular formula is C10H16N4O. The first-order valence-electron chi connectivity index (χ1n) is 5.26. The Balaban J connectivity index is 2.16. The normalized spacial score (nSPS) is 21.7. The third-order valence-electron chi connectivity index (χ3n) is 2.79. The van der Waals surface area contributed by atoms with Crippen molar-refractivity contribution in [3.05, 3.63) is 12.4 Å². The Kier molecular flexibility index (Phi) is 3.01. The number of hydrogen-bond donors (Lipinski definition) is 2. The Morgan fingerprint density at radius 1 is 1.40 bits per heavy atom. The summed E-state index contributed by atoms with van der Waals surface area (Å²) in [5, 5.41) is 9.26. The molecule has 0 bridgehead atoms. The van der Waals surface area contributed by atoms with E-state index in [1.165, 1.54) is 6.42 Å². The number of nitrogens with two attached hydrogens (primary N) is 1. The minimum atomic E-state index is 0.173. The number of rotatable bonds is 2. The summed E-state index contributed by atoms with van der Waals surface area (Å²) in [4.78, 5) is 10.3. The van der Waals surface area contributed by atoms with Crippen LogP contribution in [0.1, 0.15) is 19.3 Å². The fraction of sp³-hybridized carbons (Fsp3) is 0.600. The Bertz CT molecular complexity index is 314. The summed E-state index contributed by atoms with van der Waals surface area (Å²) in [6.45, 7) is 1.11. The van der Waals surface area contributed by atoms with E-state index in [4.69, 9.17) is 5.73 Å². The molecule has 1 saturated heterocycles. The average molecular weight is 208 g/mol. The van der Waals surface area contributed by atoms with Gasteiger partial charge in [0.25, 0.3) is 0 Å². The highest BCUT2D eigenvalue weighted by Crippen LogP contribution is 2.22. The summed E-state index contributed by atoms with van der Waals surface area (Å²) in [5.74, 6) is 1.24. The average Bonchev–Trinajstić information content (AvgIpc) is 2.30. The van der Waals surface area contributed by atoms with Crippen molar-refractivity contribution in [3.8, 4) is 0 Å². The Morgan fingerprint density at radius 2 is 2.27 bits per heavy atom. The van der Waals surface area contributed by atoms with E-state index in [-0.39, 0.29) is 12.6 Å². The lowest BCUT2D eigenvalue weighted by atomic mass is 10.0. The summed E-state index contributed by atoms with van der Waals surface area (Å²) >= 11 is 0. The van der Waals surface area contributed by atoms with E-state index in [1.807, 2.05) is 0 Å². The van der Waals surface area contributed by atoms with Crippen molar-refractivity contribution in [2.45, 2.75) is 25.3 Å². The summed E-state index contributed by atoms with van der Waals surface area (Å²) in [6.07, 6.45) is 6.55. The van der Waals surface area contributed by atoms with Crippen LogP contribution in [0, 0.1) is 0 Å². The lowest BCUT2D eigenvalue weighted by molar-refractivity contribution is 0.239. The van der Waals surface area contributed by atoms with E-state index < -0.39 is 0 Å². The summed E-state index contributed by atoms with van der Waals surface area (Å²) in [5.41, 5.74) is 5.48. The molecule has 1 atom stereocenters. The summed E-state index contributed by atoms with van der Waals surface area (Å²) in [6, 6.07) is 0.177. The van der Waals surface area contributed by atoms with Crippen LogP contribution in [-0.2, 0) is 0 Å². The number of piperidine rings is 1. The molecule has 2 rings (SSSR count). The molecule has 82 valence electrons. The predicted molar refractivity (Wildman–Crippen MR) is 58.5 cm³/mol. The van der Waals surface area contributed by atoms with Crippen LogP contribution in [-0.4, -0.2) is 34.3 Å². The van der Waals surface area contributed by atoms with Crippen LogP contribution in [0.3, 0.4) is 0 Å². The van der Waals surface area contributed by atoms with Crippen LogP contribution in [0.15, 0.2) is 12.4 Å². The molecule has 0 saturated carbocycles. The topological polar surface area (TPSA) is 75.3 Å². The number of nitrogens with zero attached hydrogens (tertiary/aromatic N) is 3. The van der Waals surface area contributed by atoms with Gasteiger partial charge in [0, 0.05) is 6.54 Å². The van der Waals surface area contributed by atoms with Crippen LogP contribution in [0.2, 0.25) is 0 Å². The van der Waals surface area contributed by atoms with Crippen LogP contribution in [0.5, 0.6) is 0 Å². The maximum absolute atomic E-state index is 9.26. The molecule has 1 aromatic rings. The zero-order chi connectivity index (χ0) is 10.7. The van der Waals surface area contributed by atoms with Gasteiger partial charge in [-0.1, -0.05) is 0 Å². The van der Waals surface area contributed by atoms with Crippen molar-refractivity contribution in [3.63, 3.8) is 0 Å². The first kappa shape index (κ1) is 10.2. The van der Waals surface area contributed by atoms with Crippen molar-refractivity contribution in [1.82, 2.24) is 9.97 Å². The molecule has 0 aromatic carbocycles. The third-order valence-corrected chi connectivity index (χ3v) is 2.79. The molecule has 1 fully saturated rings. The van der Waals surface area contributed by atoms with Crippen LogP contribution in [0.25, 0.3) is 0 Å². The minimum Gasteiger partial charge on any atom is -0.394 e. The fourth-order valence-electron chi connectivity index (χ4n) is 1.97. The SMILES string of the molecule is Nc1cnc(N2CCCCC2CO)cn1. The molecule has 1 unspecified atom stereocenters. The maximum atomic E-state index is 9.26. The molecule has 5 heteroatoms. The van der Waals surface area contributed by atoms with E-state index in [0.29, 0.717) is 5.82 Å². The second kappa shape index (κ2) is 4.44. The fourth-order valence-corrected chi connectivity index (χ4v) is 1.97. The standard InChI is InChI=1S/C10H16N4O/c11-9-5-13-10(6-12-9)14-4-2-1-3-8(14)7-15/h5-6,8,15H,1-4,7H2,(H2,11,12). The number of anilines is 2. The zero-order valence-electron chi connectivity index (χ0n) is 8.63. The van der Waals surface area contributed by atoms with E-state index in [9.17, 15) is 5.11 Å². The van der Waals surface area contributed by atoms with Gasteiger partial charge in [-0.25, -0.2) is 9.97 Å². The van der Waals surface area contributed by atoms with Crippen molar-refractivity contribution < 1.29 is 5.11 Å². The van der Waals surface area contributed by atoms with E-state index in [0.717, 1.165) is 25.2 Å². The lowest BCUT2D eigenvalue weighted by Crippen LogP contribution is -2.42. The molecule has 1 aliphatic heterocycles. The molecule has 0 radical (unpaired) electrons. The monoisotopic (exact) mass is 208 g/mol. The molecule has 15 heavy (non-hydrogen) atoms. The molecule has 0 aliphatic carbocycles. The molecule has 1 aromatic heterocycles. The van der Waals surface area contributed by atoms with Gasteiger partial charge in [0.1, 0.15) is 11.6 Å². The van der Waals surface area contributed by atoms with Gasteiger partial charge in [-0.3, -0.25) is 0 Å². The van der Waals surface area contributed by atoms with Gasteiger partial charge in [0.2, 0.25) is 0 Å². The molecule has 5 nitrogen and oxygen atoms in total. The highest BCUT2D eigenvalue weighted by atomic mass is 16.3. The highest BCUT2D eigenvalue weighted by molar-refractivity contribution is 5.40. The van der Waals surface area contributed by atoms with Gasteiger partial charge in [0.05, 0.1) is 25.0 Å². The van der Waals surface area contributed by atoms with E-state index >= 15 is 0 Å². The second-order valence-electron chi connectivity index (χ2n) is 3.83. The minimum absolute atomic E-state index is 0.173. The van der Waals surface area contributed by atoms with Crippen molar-refractivity contribution in [2.24, 2.45) is 0 Å². The van der Waals surface area contributed by atoms with E-state index in [2.05, 4.69) is 14.9 Å². The highest BCUT2D eigenvalue weighted by Gasteiger charge is 2.22. The van der Waals surface area contributed by atoms with Gasteiger partial charge < -0.3 is 15.7 Å². The summed E-state index contributed by atoms with van der Waals surface area (Å²) in [7, 11) is 0. The van der Waals surface area contributed by atoms with Crippen molar-refractivity contribution in [2.75, 3.05) is 23.8 Å². The summed E-state index contributed by atoms with van der Waals surface area (Å²) < 4.78 is 0. The number of nitrogen functional groups attached to an aromatic ring is 1. The van der Waals surface area contributed by atoms with Gasteiger partial charge in [-0.15, -0.1) is 0 Å². The molecule has 0 amide bonds. The quantitative estimate of drug-likeness (QED) is 0.736. The Hall–Kier alpha value is -1.36. The third kappa shape index (κ3) is 2.18. The van der Waals surface area contributed by atoms with Gasteiger partial charge >= 0.3 is 0 Å².